The van der Waals surface area contributed by atoms with Crippen molar-refractivity contribution in [1.82, 2.24) is 24.4 Å². The summed E-state index contributed by atoms with van der Waals surface area (Å²) in [5, 5.41) is 17.9. The first-order valence-electron chi connectivity index (χ1n) is 8.64. The van der Waals surface area contributed by atoms with Crippen LogP contribution in [-0.4, -0.2) is 52.4 Å². The van der Waals surface area contributed by atoms with E-state index >= 15 is 0 Å². The van der Waals surface area contributed by atoms with Crippen LogP contribution < -0.4 is 5.32 Å². The van der Waals surface area contributed by atoms with Gasteiger partial charge in [0.15, 0.2) is 0 Å². The fourth-order valence-corrected chi connectivity index (χ4v) is 3.83. The van der Waals surface area contributed by atoms with Gasteiger partial charge in [-0.1, -0.05) is 18.2 Å². The van der Waals surface area contributed by atoms with E-state index in [1.54, 1.807) is 18.2 Å². The average Bonchev–Trinajstić information content (AvgIpc) is 3.26. The van der Waals surface area contributed by atoms with E-state index < -0.39 is 20.9 Å². The molecule has 30 heavy (non-hydrogen) atoms. The van der Waals surface area contributed by atoms with E-state index in [2.05, 4.69) is 15.4 Å². The fraction of sp³-hybridized carbons (Fsp3) is 0.167. The number of nitrogens with one attached hydrogen (secondary N) is 1. The summed E-state index contributed by atoms with van der Waals surface area (Å²) < 4.78 is 27.2. The standard InChI is InChI=1S/C18H18N6O5S/c1-22(2)30(28,29)17-6-4-3-5-14(17)10-20-18(25)13-7-8-15(16(9-13)24(26)27)23-12-19-11-21-23/h3-9,11-12H,10H2,1-2H3,(H,20,25). The number of amides is 1. The molecule has 0 aliphatic rings. The zero-order chi connectivity index (χ0) is 21.9. The van der Waals surface area contributed by atoms with Gasteiger partial charge in [-0.25, -0.2) is 22.4 Å². The molecule has 1 aromatic heterocycles. The van der Waals surface area contributed by atoms with Crippen LogP contribution in [0.5, 0.6) is 0 Å². The van der Waals surface area contributed by atoms with Gasteiger partial charge in [0.1, 0.15) is 18.3 Å². The Kier molecular flexibility index (Phi) is 5.89. The molecule has 11 nitrogen and oxygen atoms in total. The summed E-state index contributed by atoms with van der Waals surface area (Å²) in [4.78, 5) is 27.2. The number of carbonyl (C=O) groups is 1. The summed E-state index contributed by atoms with van der Waals surface area (Å²) in [7, 11) is -0.857. The largest absolute Gasteiger partial charge is 0.348 e. The smallest absolute Gasteiger partial charge is 0.295 e. The van der Waals surface area contributed by atoms with Gasteiger partial charge in [0.05, 0.1) is 9.82 Å². The third kappa shape index (κ3) is 4.18. The number of nitro groups is 1. The van der Waals surface area contributed by atoms with Crippen molar-refractivity contribution < 1.29 is 18.1 Å². The molecule has 0 saturated heterocycles. The predicted octanol–water partition coefficient (Wildman–Crippen LogP) is 1.36. The lowest BCUT2D eigenvalue weighted by Gasteiger charge is -2.15. The second kappa shape index (κ2) is 8.39. The molecule has 0 saturated carbocycles. The quantitative estimate of drug-likeness (QED) is 0.441. The third-order valence-electron chi connectivity index (χ3n) is 4.27. The molecule has 156 valence electrons. The van der Waals surface area contributed by atoms with E-state index in [4.69, 9.17) is 0 Å². The molecule has 3 aromatic rings. The van der Waals surface area contributed by atoms with Gasteiger partial charge in [-0.2, -0.15) is 5.10 Å². The molecule has 0 fully saturated rings. The molecule has 0 radical (unpaired) electrons. The fourth-order valence-electron chi connectivity index (χ4n) is 2.71. The van der Waals surface area contributed by atoms with E-state index in [9.17, 15) is 23.3 Å². The molecule has 0 aliphatic heterocycles. The van der Waals surface area contributed by atoms with Crippen LogP contribution in [0.1, 0.15) is 15.9 Å². The number of aromatic nitrogens is 3. The molecule has 3 rings (SSSR count). The van der Waals surface area contributed by atoms with Crippen molar-refractivity contribution in [3.8, 4) is 5.69 Å². The maximum absolute atomic E-state index is 12.6. The average molecular weight is 430 g/mol. The van der Waals surface area contributed by atoms with Crippen molar-refractivity contribution in [2.45, 2.75) is 11.4 Å². The first kappa shape index (κ1) is 21.1. The van der Waals surface area contributed by atoms with Crippen LogP contribution in [0.2, 0.25) is 0 Å². The number of hydrogen-bond donors (Lipinski definition) is 1. The van der Waals surface area contributed by atoms with Gasteiger partial charge in [-0.3, -0.25) is 14.9 Å². The molecule has 1 heterocycles. The summed E-state index contributed by atoms with van der Waals surface area (Å²) in [5.74, 6) is -0.583. The predicted molar refractivity (Wildman–Crippen MR) is 106 cm³/mol. The minimum atomic E-state index is -3.69. The van der Waals surface area contributed by atoms with Crippen LogP contribution in [0.3, 0.4) is 0 Å². The van der Waals surface area contributed by atoms with Crippen molar-refractivity contribution in [3.05, 3.63) is 76.4 Å². The molecule has 0 unspecified atom stereocenters. The topological polar surface area (TPSA) is 140 Å². The number of nitro benzene ring substituents is 1. The van der Waals surface area contributed by atoms with Gasteiger partial charge >= 0.3 is 0 Å². The van der Waals surface area contributed by atoms with Crippen molar-refractivity contribution >= 4 is 21.6 Å². The van der Waals surface area contributed by atoms with Gasteiger partial charge < -0.3 is 5.32 Å². The highest BCUT2D eigenvalue weighted by Gasteiger charge is 2.22. The highest BCUT2D eigenvalue weighted by atomic mass is 32.2. The summed E-state index contributed by atoms with van der Waals surface area (Å²) in [6, 6.07) is 10.2. The first-order valence-corrected chi connectivity index (χ1v) is 10.1. The second-order valence-corrected chi connectivity index (χ2v) is 8.50. The number of rotatable bonds is 7. The third-order valence-corrected chi connectivity index (χ3v) is 6.19. The van der Waals surface area contributed by atoms with E-state index in [1.807, 2.05) is 0 Å². The summed E-state index contributed by atoms with van der Waals surface area (Å²) in [6.07, 6.45) is 2.55. The maximum Gasteiger partial charge on any atom is 0.295 e. The molecule has 0 bridgehead atoms. The van der Waals surface area contributed by atoms with E-state index in [1.165, 1.54) is 49.6 Å². The monoisotopic (exact) mass is 430 g/mol. The summed E-state index contributed by atoms with van der Waals surface area (Å²) in [6.45, 7) is -0.0687. The molecule has 0 aliphatic carbocycles. The maximum atomic E-state index is 12.6. The molecule has 1 N–H and O–H groups in total. The molecule has 0 spiro atoms. The van der Waals surface area contributed by atoms with Gasteiger partial charge in [0.2, 0.25) is 10.0 Å². The first-order chi connectivity index (χ1) is 14.2. The minimum Gasteiger partial charge on any atom is -0.348 e. The van der Waals surface area contributed by atoms with Crippen LogP contribution in [0.15, 0.2) is 60.0 Å². The molecule has 12 heteroatoms. The Morgan fingerprint density at radius 1 is 1.23 bits per heavy atom. The van der Waals surface area contributed by atoms with Gasteiger partial charge in [0, 0.05) is 32.3 Å². The number of benzene rings is 2. The van der Waals surface area contributed by atoms with Crippen LogP contribution in [-0.2, 0) is 16.6 Å². The lowest BCUT2D eigenvalue weighted by molar-refractivity contribution is -0.384. The summed E-state index contributed by atoms with van der Waals surface area (Å²) >= 11 is 0. The molecule has 2 aromatic carbocycles. The van der Waals surface area contributed by atoms with E-state index in [-0.39, 0.29) is 28.4 Å². The Hall–Kier alpha value is -3.64. The lowest BCUT2D eigenvalue weighted by Crippen LogP contribution is -2.27. The Bertz CT molecular complexity index is 1190. The van der Waals surface area contributed by atoms with Gasteiger partial charge in [-0.15, -0.1) is 0 Å². The number of sulfonamides is 1. The lowest BCUT2D eigenvalue weighted by atomic mass is 10.1. The van der Waals surface area contributed by atoms with Gasteiger partial charge in [-0.05, 0) is 23.8 Å². The van der Waals surface area contributed by atoms with Crippen molar-refractivity contribution in [2.24, 2.45) is 0 Å². The van der Waals surface area contributed by atoms with Crippen LogP contribution in [0.4, 0.5) is 5.69 Å². The Balaban J connectivity index is 1.85. The number of hydrogen-bond acceptors (Lipinski definition) is 7. The highest BCUT2D eigenvalue weighted by Crippen LogP contribution is 2.24. The molecule has 0 atom stereocenters. The zero-order valence-electron chi connectivity index (χ0n) is 16.1. The van der Waals surface area contributed by atoms with Crippen molar-refractivity contribution in [3.63, 3.8) is 0 Å². The Labute approximate surface area is 172 Å². The molecular weight excluding hydrogens is 412 g/mol. The minimum absolute atomic E-state index is 0.0542. The summed E-state index contributed by atoms with van der Waals surface area (Å²) in [5.41, 5.74) is 0.298. The number of nitrogens with zero attached hydrogens (tertiary/aromatic N) is 5. The normalized spacial score (nSPS) is 11.4. The van der Waals surface area contributed by atoms with Crippen molar-refractivity contribution in [1.29, 1.82) is 0 Å². The Morgan fingerprint density at radius 2 is 1.97 bits per heavy atom. The van der Waals surface area contributed by atoms with Crippen LogP contribution in [0.25, 0.3) is 5.69 Å². The van der Waals surface area contributed by atoms with E-state index in [0.717, 1.165) is 10.4 Å². The second-order valence-electron chi connectivity index (χ2n) is 6.38. The molecular formula is C18H18N6O5S. The Morgan fingerprint density at radius 3 is 2.60 bits per heavy atom. The highest BCUT2D eigenvalue weighted by molar-refractivity contribution is 7.89. The van der Waals surface area contributed by atoms with E-state index in [0.29, 0.717) is 5.56 Å². The van der Waals surface area contributed by atoms with Gasteiger partial charge in [0.25, 0.3) is 11.6 Å². The zero-order valence-corrected chi connectivity index (χ0v) is 16.9. The number of carbonyl (C=O) groups excluding carboxylic acids is 1. The molecule has 1 amide bonds. The van der Waals surface area contributed by atoms with Crippen LogP contribution >= 0.6 is 0 Å². The SMILES string of the molecule is CN(C)S(=O)(=O)c1ccccc1CNC(=O)c1ccc(-n2cncn2)c([N+](=O)[O-])c1. The van der Waals surface area contributed by atoms with Crippen molar-refractivity contribution in [2.75, 3.05) is 14.1 Å². The van der Waals surface area contributed by atoms with Crippen LogP contribution in [0, 0.1) is 10.1 Å².